The molecule has 0 aliphatic carbocycles. The van der Waals surface area contributed by atoms with Gasteiger partial charge in [0.2, 0.25) is 0 Å². The highest BCUT2D eigenvalue weighted by atomic mass is 19.4. The van der Waals surface area contributed by atoms with E-state index in [1.165, 1.54) is 19.1 Å². The molecule has 0 aromatic heterocycles. The highest BCUT2D eigenvalue weighted by Gasteiger charge is 2.72. The smallest absolute Gasteiger partial charge is 0.404 e. The lowest BCUT2D eigenvalue weighted by atomic mass is 9.85. The molecule has 1 N–H and O–H groups in total. The van der Waals surface area contributed by atoms with Gasteiger partial charge in [0.15, 0.2) is 5.41 Å². The van der Waals surface area contributed by atoms with Crippen molar-refractivity contribution in [1.29, 1.82) is 0 Å². The predicted molar refractivity (Wildman–Crippen MR) is 80.6 cm³/mol. The van der Waals surface area contributed by atoms with Gasteiger partial charge in [-0.2, -0.15) is 26.3 Å². The molecule has 0 spiro atoms. The first kappa shape index (κ1) is 21.1. The molecule has 2 rings (SSSR count). The van der Waals surface area contributed by atoms with Gasteiger partial charge in [-0.1, -0.05) is 0 Å². The minimum absolute atomic E-state index is 0.102. The fourth-order valence-corrected chi connectivity index (χ4v) is 2.70. The van der Waals surface area contributed by atoms with Gasteiger partial charge in [-0.15, -0.1) is 0 Å². The van der Waals surface area contributed by atoms with Crippen molar-refractivity contribution < 1.29 is 40.3 Å². The van der Waals surface area contributed by atoms with Gasteiger partial charge in [0.1, 0.15) is 18.2 Å². The van der Waals surface area contributed by atoms with Crippen LogP contribution in [0.1, 0.15) is 13.3 Å². The third-order valence-electron chi connectivity index (χ3n) is 4.33. The van der Waals surface area contributed by atoms with E-state index in [-0.39, 0.29) is 6.61 Å². The second kappa shape index (κ2) is 7.43. The number of nitrogens with zero attached hydrogens (tertiary/aromatic N) is 1. The Hall–Kier alpha value is -2.20. The Morgan fingerprint density at radius 3 is 2.22 bits per heavy atom. The molecule has 1 aromatic rings. The van der Waals surface area contributed by atoms with E-state index in [9.17, 15) is 35.5 Å². The summed E-state index contributed by atoms with van der Waals surface area (Å²) in [6, 6.07) is 3.24. The summed E-state index contributed by atoms with van der Waals surface area (Å²) in [7, 11) is 0. The Morgan fingerprint density at radius 1 is 1.19 bits per heavy atom. The average molecular weight is 402 g/mol. The zero-order valence-electron chi connectivity index (χ0n) is 14.1. The number of rotatable bonds is 4. The zero-order valence-corrected chi connectivity index (χ0v) is 14.1. The Morgan fingerprint density at radius 2 is 1.74 bits per heavy atom. The van der Waals surface area contributed by atoms with Crippen molar-refractivity contribution in [2.45, 2.75) is 31.7 Å². The van der Waals surface area contributed by atoms with Crippen LogP contribution >= 0.6 is 0 Å². The van der Waals surface area contributed by atoms with Gasteiger partial charge in [0.05, 0.1) is 6.04 Å². The van der Waals surface area contributed by atoms with Gasteiger partial charge in [-0.3, -0.25) is 0 Å². The van der Waals surface area contributed by atoms with Crippen LogP contribution in [0.3, 0.4) is 0 Å². The minimum atomic E-state index is -5.52. The molecule has 1 saturated heterocycles. The highest BCUT2D eigenvalue weighted by molar-refractivity contribution is 5.75. The minimum Gasteiger partial charge on any atom is -0.491 e. The molecule has 1 aliphatic heterocycles. The van der Waals surface area contributed by atoms with Gasteiger partial charge in [0.25, 0.3) is 0 Å². The maximum Gasteiger partial charge on any atom is 0.404 e. The number of halogens is 7. The monoisotopic (exact) mass is 402 g/mol. The third kappa shape index (κ3) is 4.56. The Bertz CT molecular complexity index is 644. The van der Waals surface area contributed by atoms with Crippen molar-refractivity contribution in [3.63, 3.8) is 0 Å². The summed E-state index contributed by atoms with van der Waals surface area (Å²) < 4.78 is 96.2. The fraction of sp³-hybridized carbons (Fsp3) is 0.562. The number of carbonyl (C=O) groups is 1. The lowest BCUT2D eigenvalue weighted by Gasteiger charge is -2.33. The second-order valence-electron chi connectivity index (χ2n) is 6.36. The summed E-state index contributed by atoms with van der Waals surface area (Å²) >= 11 is 0. The number of hydrogen-bond acceptors (Lipinski definition) is 2. The molecule has 4 nitrogen and oxygen atoms in total. The van der Waals surface area contributed by atoms with Crippen LogP contribution in [0.4, 0.5) is 35.5 Å². The van der Waals surface area contributed by atoms with Crippen LogP contribution in [0.25, 0.3) is 0 Å². The van der Waals surface area contributed by atoms with Crippen molar-refractivity contribution >= 4 is 6.03 Å². The molecular formula is C16H17F7N2O2. The number of likely N-dealkylation sites (tertiary alicyclic amines) is 1. The highest BCUT2D eigenvalue weighted by Crippen LogP contribution is 2.55. The molecule has 11 heteroatoms. The van der Waals surface area contributed by atoms with E-state index in [0.29, 0.717) is 10.6 Å². The number of urea groups is 1. The Labute approximate surface area is 150 Å². The summed E-state index contributed by atoms with van der Waals surface area (Å²) in [5, 5.41) is 2.30. The first-order valence-corrected chi connectivity index (χ1v) is 7.93. The van der Waals surface area contributed by atoms with E-state index in [1.54, 1.807) is 0 Å². The number of benzene rings is 1. The van der Waals surface area contributed by atoms with Gasteiger partial charge in [-0.05, 0) is 37.6 Å². The summed E-state index contributed by atoms with van der Waals surface area (Å²) in [6.45, 7) is -0.791. The molecule has 0 bridgehead atoms. The fourth-order valence-electron chi connectivity index (χ4n) is 2.70. The van der Waals surface area contributed by atoms with Crippen molar-refractivity contribution in [2.24, 2.45) is 5.41 Å². The van der Waals surface area contributed by atoms with Crippen molar-refractivity contribution in [1.82, 2.24) is 10.2 Å². The molecule has 2 amide bonds. The standard InChI is InChI=1S/C16H17F7N2O2/c1-10(8-27-12-4-2-11(17)3-5-12)24-13(26)25-7-6-14(9-25,15(18,19)20)16(21,22)23/h2-5,10H,6-9H2,1H3,(H,24,26). The van der Waals surface area contributed by atoms with Crippen LogP contribution in [-0.2, 0) is 0 Å². The SMILES string of the molecule is CC(COc1ccc(F)cc1)NC(=O)N1CCC(C(F)(F)F)(C(F)(F)F)C1. The number of alkyl halides is 6. The van der Waals surface area contributed by atoms with E-state index in [2.05, 4.69) is 5.32 Å². The molecule has 1 heterocycles. The molecule has 0 saturated carbocycles. The largest absolute Gasteiger partial charge is 0.491 e. The van der Waals surface area contributed by atoms with Gasteiger partial charge < -0.3 is 15.0 Å². The normalized spacial score (nSPS) is 18.3. The quantitative estimate of drug-likeness (QED) is 0.770. The number of hydrogen-bond donors (Lipinski definition) is 1. The second-order valence-corrected chi connectivity index (χ2v) is 6.36. The molecule has 1 fully saturated rings. The van der Waals surface area contributed by atoms with Crippen molar-refractivity contribution in [3.05, 3.63) is 30.1 Å². The first-order valence-electron chi connectivity index (χ1n) is 7.93. The van der Waals surface area contributed by atoms with E-state index >= 15 is 0 Å². The van der Waals surface area contributed by atoms with Gasteiger partial charge >= 0.3 is 18.4 Å². The summed E-state index contributed by atoms with van der Waals surface area (Å²) in [6.07, 6.45) is -12.3. The van der Waals surface area contributed by atoms with Gasteiger partial charge in [-0.25, -0.2) is 9.18 Å². The Kier molecular flexibility index (Phi) is 5.81. The van der Waals surface area contributed by atoms with Crippen LogP contribution in [0.5, 0.6) is 5.75 Å². The third-order valence-corrected chi connectivity index (χ3v) is 4.33. The number of carbonyl (C=O) groups excluding carboxylic acids is 1. The molecule has 1 aliphatic rings. The van der Waals surface area contributed by atoms with Crippen LogP contribution in [0, 0.1) is 11.2 Å². The van der Waals surface area contributed by atoms with E-state index < -0.39 is 55.2 Å². The summed E-state index contributed by atoms with van der Waals surface area (Å²) in [5.74, 6) is -0.178. The van der Waals surface area contributed by atoms with Crippen LogP contribution < -0.4 is 10.1 Å². The van der Waals surface area contributed by atoms with E-state index in [1.807, 2.05) is 0 Å². The van der Waals surface area contributed by atoms with Crippen molar-refractivity contribution in [2.75, 3.05) is 19.7 Å². The summed E-state index contributed by atoms with van der Waals surface area (Å²) in [5.41, 5.74) is -3.93. The molecular weight excluding hydrogens is 385 g/mol. The lowest BCUT2D eigenvalue weighted by molar-refractivity contribution is -0.334. The van der Waals surface area contributed by atoms with Crippen LogP contribution in [0.2, 0.25) is 0 Å². The van der Waals surface area contributed by atoms with E-state index in [0.717, 1.165) is 12.1 Å². The van der Waals surface area contributed by atoms with E-state index in [4.69, 9.17) is 4.74 Å². The van der Waals surface area contributed by atoms with Crippen LogP contribution in [-0.4, -0.2) is 49.0 Å². The molecule has 27 heavy (non-hydrogen) atoms. The van der Waals surface area contributed by atoms with Crippen molar-refractivity contribution in [3.8, 4) is 5.75 Å². The summed E-state index contributed by atoms with van der Waals surface area (Å²) in [4.78, 5) is 12.5. The first-order chi connectivity index (χ1) is 12.4. The average Bonchev–Trinajstić information content (AvgIpc) is 3.01. The lowest BCUT2D eigenvalue weighted by Crippen LogP contribution is -2.53. The Balaban J connectivity index is 1.93. The maximum atomic E-state index is 13.0. The van der Waals surface area contributed by atoms with Crippen LogP contribution in [0.15, 0.2) is 24.3 Å². The topological polar surface area (TPSA) is 41.6 Å². The molecule has 1 atom stereocenters. The molecule has 1 unspecified atom stereocenters. The molecule has 152 valence electrons. The number of amides is 2. The van der Waals surface area contributed by atoms with Gasteiger partial charge in [0, 0.05) is 13.1 Å². The zero-order chi connectivity index (χ0) is 20.5. The molecule has 1 aromatic carbocycles. The molecule has 0 radical (unpaired) electrons. The number of nitrogens with one attached hydrogen (secondary N) is 1. The maximum absolute atomic E-state index is 13.0. The number of ether oxygens (including phenoxy) is 1. The predicted octanol–water partition coefficient (Wildman–Crippen LogP) is 4.12.